The van der Waals surface area contributed by atoms with Crippen LogP contribution in [0.1, 0.15) is 11.1 Å². The molecule has 0 unspecified atom stereocenters. The van der Waals surface area contributed by atoms with Crippen molar-refractivity contribution in [2.24, 2.45) is 0 Å². The summed E-state index contributed by atoms with van der Waals surface area (Å²) in [6, 6.07) is 2.07. The number of rotatable bonds is 6. The maximum Gasteiger partial charge on any atom is 0.441 e. The Bertz CT molecular complexity index is 602. The van der Waals surface area contributed by atoms with Crippen molar-refractivity contribution in [2.75, 3.05) is 12.3 Å². The molecular weight excluding hydrogens is 334 g/mol. The van der Waals surface area contributed by atoms with Crippen molar-refractivity contribution < 1.29 is 31.1 Å². The normalized spacial score (nSPS) is 12.7. The number of hydrogen-bond donors (Lipinski definition) is 2. The third kappa shape index (κ3) is 5.46. The number of aliphatic hydroxyl groups excluding tert-OH is 1. The van der Waals surface area contributed by atoms with Gasteiger partial charge >= 0.3 is 5.51 Å². The van der Waals surface area contributed by atoms with Crippen molar-refractivity contribution >= 4 is 21.8 Å². The smallest absolute Gasteiger partial charge is 0.392 e. The first-order valence-electron chi connectivity index (χ1n) is 5.67. The molecule has 1 rings (SSSR count). The lowest BCUT2D eigenvalue weighted by atomic mass is 10.1. The van der Waals surface area contributed by atoms with Crippen LogP contribution < -0.4 is 4.72 Å². The van der Waals surface area contributed by atoms with Crippen molar-refractivity contribution in [3.05, 3.63) is 29.1 Å². The predicted molar refractivity (Wildman–Crippen MR) is 70.8 cm³/mol. The third-order valence-electron chi connectivity index (χ3n) is 2.49. The Hall–Kier alpha value is -0.840. The standard InChI is InChI=1S/C11H13F4NO3S2/c1-7-9(12)4-8(6-17)5-10(7)21(18,19)16-2-3-20-11(13,14)15/h4-5,16-17H,2-3,6H2,1H3. The second kappa shape index (κ2) is 6.95. The van der Waals surface area contributed by atoms with E-state index in [0.717, 1.165) is 12.1 Å². The van der Waals surface area contributed by atoms with E-state index in [4.69, 9.17) is 5.11 Å². The molecule has 0 spiro atoms. The van der Waals surface area contributed by atoms with Gasteiger partial charge < -0.3 is 5.11 Å². The molecule has 120 valence electrons. The first-order valence-corrected chi connectivity index (χ1v) is 8.14. The fraction of sp³-hybridized carbons (Fsp3) is 0.455. The molecule has 21 heavy (non-hydrogen) atoms. The van der Waals surface area contributed by atoms with E-state index in [9.17, 15) is 26.0 Å². The lowest BCUT2D eigenvalue weighted by Gasteiger charge is -2.12. The minimum Gasteiger partial charge on any atom is -0.392 e. The number of sulfonamides is 1. The summed E-state index contributed by atoms with van der Waals surface area (Å²) in [6.45, 7) is 0.232. The number of alkyl halides is 3. The second-order valence-electron chi connectivity index (χ2n) is 4.05. The van der Waals surface area contributed by atoms with Crippen molar-refractivity contribution in [3.8, 4) is 0 Å². The summed E-state index contributed by atoms with van der Waals surface area (Å²) in [5, 5.41) is 8.94. The van der Waals surface area contributed by atoms with Crippen LogP contribution in [0.2, 0.25) is 0 Å². The topological polar surface area (TPSA) is 66.4 Å². The van der Waals surface area contributed by atoms with Crippen LogP contribution in [0.5, 0.6) is 0 Å². The summed E-state index contributed by atoms with van der Waals surface area (Å²) in [4.78, 5) is -0.399. The Labute approximate surface area is 123 Å². The highest BCUT2D eigenvalue weighted by molar-refractivity contribution is 8.00. The van der Waals surface area contributed by atoms with Gasteiger partial charge in [-0.1, -0.05) is 0 Å². The van der Waals surface area contributed by atoms with Crippen LogP contribution in [0.25, 0.3) is 0 Å². The molecule has 0 heterocycles. The largest absolute Gasteiger partial charge is 0.441 e. The van der Waals surface area contributed by atoms with Crippen molar-refractivity contribution in [1.82, 2.24) is 4.72 Å². The van der Waals surface area contributed by atoms with Gasteiger partial charge in [-0.05, 0) is 36.4 Å². The molecule has 0 radical (unpaired) electrons. The molecular formula is C11H13F4NO3S2. The van der Waals surface area contributed by atoms with Crippen LogP contribution in [-0.2, 0) is 16.6 Å². The minimum absolute atomic E-state index is 0.0585. The molecule has 0 amide bonds. The number of thioether (sulfide) groups is 1. The molecule has 1 aromatic carbocycles. The van der Waals surface area contributed by atoms with Gasteiger partial charge in [0, 0.05) is 17.9 Å². The van der Waals surface area contributed by atoms with Gasteiger partial charge in [-0.3, -0.25) is 0 Å². The highest BCUT2D eigenvalue weighted by Crippen LogP contribution is 2.29. The van der Waals surface area contributed by atoms with Gasteiger partial charge in [0.05, 0.1) is 11.5 Å². The zero-order chi connectivity index (χ0) is 16.3. The zero-order valence-corrected chi connectivity index (χ0v) is 12.5. The maximum atomic E-state index is 13.5. The zero-order valence-electron chi connectivity index (χ0n) is 10.9. The Balaban J connectivity index is 2.86. The molecule has 10 heteroatoms. The van der Waals surface area contributed by atoms with E-state index in [-0.39, 0.29) is 22.9 Å². The fourth-order valence-corrected chi connectivity index (χ4v) is 3.40. The van der Waals surface area contributed by atoms with Gasteiger partial charge in [0.25, 0.3) is 0 Å². The summed E-state index contributed by atoms with van der Waals surface area (Å²) >= 11 is -0.357. The first kappa shape index (κ1) is 18.2. The number of hydrogen-bond acceptors (Lipinski definition) is 4. The molecule has 0 aliphatic carbocycles. The molecule has 0 saturated heterocycles. The molecule has 0 saturated carbocycles. The molecule has 0 atom stereocenters. The molecule has 0 bridgehead atoms. The van der Waals surface area contributed by atoms with E-state index in [1.54, 1.807) is 0 Å². The van der Waals surface area contributed by atoms with Crippen molar-refractivity contribution in [2.45, 2.75) is 23.9 Å². The maximum absolute atomic E-state index is 13.5. The highest BCUT2D eigenvalue weighted by Gasteiger charge is 2.28. The SMILES string of the molecule is Cc1c(F)cc(CO)cc1S(=O)(=O)NCCSC(F)(F)F. The van der Waals surface area contributed by atoms with Crippen LogP contribution in [-0.4, -0.2) is 31.3 Å². The monoisotopic (exact) mass is 347 g/mol. The molecule has 2 N–H and O–H groups in total. The van der Waals surface area contributed by atoms with Crippen LogP contribution >= 0.6 is 11.8 Å². The Morgan fingerprint density at radius 3 is 2.48 bits per heavy atom. The van der Waals surface area contributed by atoms with E-state index >= 15 is 0 Å². The van der Waals surface area contributed by atoms with Gasteiger partial charge in [0.2, 0.25) is 10.0 Å². The van der Waals surface area contributed by atoms with E-state index in [0.29, 0.717) is 0 Å². The Kier molecular flexibility index (Phi) is 6.02. The average molecular weight is 347 g/mol. The Morgan fingerprint density at radius 1 is 1.33 bits per heavy atom. The van der Waals surface area contributed by atoms with Gasteiger partial charge in [-0.25, -0.2) is 17.5 Å². The first-order chi connectivity index (χ1) is 9.57. The molecule has 1 aromatic rings. The average Bonchev–Trinajstić information content (AvgIpc) is 2.36. The Morgan fingerprint density at radius 2 is 1.95 bits per heavy atom. The summed E-state index contributed by atoms with van der Waals surface area (Å²) in [7, 11) is -4.15. The number of benzene rings is 1. The van der Waals surface area contributed by atoms with Crippen molar-refractivity contribution in [1.29, 1.82) is 0 Å². The molecule has 0 fully saturated rings. The lowest BCUT2D eigenvalue weighted by Crippen LogP contribution is -2.27. The number of aliphatic hydroxyl groups is 1. The summed E-state index contributed by atoms with van der Waals surface area (Å²) < 4.78 is 75.2. The van der Waals surface area contributed by atoms with Crippen LogP contribution in [0.4, 0.5) is 17.6 Å². The molecule has 0 aliphatic rings. The van der Waals surface area contributed by atoms with Gasteiger partial charge in [0.15, 0.2) is 0 Å². The minimum atomic E-state index is -4.44. The predicted octanol–water partition coefficient (Wildman–Crippen LogP) is 2.16. The lowest BCUT2D eigenvalue weighted by molar-refractivity contribution is -0.0327. The van der Waals surface area contributed by atoms with Crippen LogP contribution in [0.15, 0.2) is 17.0 Å². The number of nitrogens with one attached hydrogen (secondary N) is 1. The van der Waals surface area contributed by atoms with E-state index in [1.807, 2.05) is 4.72 Å². The summed E-state index contributed by atoms with van der Waals surface area (Å²) in [6.07, 6.45) is 0. The highest BCUT2D eigenvalue weighted by atomic mass is 32.2. The van der Waals surface area contributed by atoms with E-state index < -0.39 is 45.1 Å². The summed E-state index contributed by atoms with van der Waals surface area (Å²) in [5.41, 5.74) is -4.55. The van der Waals surface area contributed by atoms with Crippen LogP contribution in [0.3, 0.4) is 0 Å². The van der Waals surface area contributed by atoms with Crippen LogP contribution in [0, 0.1) is 12.7 Å². The van der Waals surface area contributed by atoms with Gasteiger partial charge in [-0.15, -0.1) is 0 Å². The van der Waals surface area contributed by atoms with Gasteiger partial charge in [-0.2, -0.15) is 13.2 Å². The molecule has 4 nitrogen and oxygen atoms in total. The van der Waals surface area contributed by atoms with Gasteiger partial charge in [0.1, 0.15) is 5.82 Å². The molecule has 0 aliphatic heterocycles. The van der Waals surface area contributed by atoms with E-state index in [2.05, 4.69) is 0 Å². The third-order valence-corrected chi connectivity index (χ3v) is 4.81. The fourth-order valence-electron chi connectivity index (χ4n) is 1.50. The van der Waals surface area contributed by atoms with E-state index in [1.165, 1.54) is 6.92 Å². The molecule has 0 aromatic heterocycles. The quantitative estimate of drug-likeness (QED) is 0.611. The second-order valence-corrected chi connectivity index (χ2v) is 6.95. The van der Waals surface area contributed by atoms with Crippen molar-refractivity contribution in [3.63, 3.8) is 0 Å². The number of halogens is 4. The summed E-state index contributed by atoms with van der Waals surface area (Å²) in [5.74, 6) is -1.31.